The molecule has 0 bridgehead atoms. The lowest BCUT2D eigenvalue weighted by Crippen LogP contribution is -2.22. The molecule has 0 fully saturated rings. The molecule has 0 aliphatic heterocycles. The predicted molar refractivity (Wildman–Crippen MR) is 105 cm³/mol. The maximum absolute atomic E-state index is 13.0. The predicted octanol–water partition coefficient (Wildman–Crippen LogP) is 1.19. The average Bonchev–Trinajstić information content (AvgIpc) is 3.06. The lowest BCUT2D eigenvalue weighted by molar-refractivity contribution is 0.414. The molecule has 3 N–H and O–H groups in total. The first-order valence-electron chi connectivity index (χ1n) is 8.58. The summed E-state index contributed by atoms with van der Waals surface area (Å²) >= 11 is 0. The van der Waals surface area contributed by atoms with E-state index in [0.717, 1.165) is 0 Å². The van der Waals surface area contributed by atoms with Crippen molar-refractivity contribution < 1.29 is 4.74 Å². The molecule has 1 aromatic carbocycles. The summed E-state index contributed by atoms with van der Waals surface area (Å²) in [6.07, 6.45) is 0. The topological polar surface area (TPSA) is 124 Å². The van der Waals surface area contributed by atoms with Crippen LogP contribution in [0.4, 0.5) is 5.95 Å². The molecule has 28 heavy (non-hydrogen) atoms. The summed E-state index contributed by atoms with van der Waals surface area (Å²) in [6, 6.07) is 8.81. The van der Waals surface area contributed by atoms with Gasteiger partial charge in [0.1, 0.15) is 11.8 Å². The van der Waals surface area contributed by atoms with Crippen LogP contribution in [-0.4, -0.2) is 32.2 Å². The summed E-state index contributed by atoms with van der Waals surface area (Å²) < 4.78 is 8.69. The summed E-state index contributed by atoms with van der Waals surface area (Å²) in [6.45, 7) is 2.91. The Hall–Kier alpha value is -3.82. The van der Waals surface area contributed by atoms with Crippen molar-refractivity contribution in [2.45, 2.75) is 13.5 Å². The Morgan fingerprint density at radius 1 is 1.32 bits per heavy atom. The Morgan fingerprint density at radius 2 is 2.11 bits per heavy atom. The standard InChI is InChI=1S/C19H19N7O2/c1-3-4-11-26-15-16(23-18(26)22-10-9-20)24-19(25(2)17(15)27)28-14-8-6-5-7-13(14)12-21/h5-8H,9-11,20H2,1-2H3,(H,22,23). The third-order valence-corrected chi connectivity index (χ3v) is 4.00. The van der Waals surface area contributed by atoms with E-state index >= 15 is 0 Å². The Kier molecular flexibility index (Phi) is 5.58. The molecule has 0 radical (unpaired) electrons. The second kappa shape index (κ2) is 8.25. The first-order chi connectivity index (χ1) is 13.6. The third-order valence-electron chi connectivity index (χ3n) is 4.00. The Labute approximate surface area is 161 Å². The quantitative estimate of drug-likeness (QED) is 0.618. The van der Waals surface area contributed by atoms with Crippen molar-refractivity contribution >= 4 is 17.1 Å². The largest absolute Gasteiger partial charge is 0.424 e. The number of nitrogens with two attached hydrogens (primary N) is 1. The minimum Gasteiger partial charge on any atom is -0.424 e. The van der Waals surface area contributed by atoms with E-state index in [1.54, 1.807) is 42.8 Å². The fourth-order valence-corrected chi connectivity index (χ4v) is 2.61. The number of nitrogens with one attached hydrogen (secondary N) is 1. The number of anilines is 1. The van der Waals surface area contributed by atoms with Crippen molar-refractivity contribution in [2.75, 3.05) is 18.4 Å². The monoisotopic (exact) mass is 377 g/mol. The molecule has 3 aromatic rings. The van der Waals surface area contributed by atoms with Crippen molar-refractivity contribution in [2.24, 2.45) is 12.8 Å². The number of ether oxygens (including phenoxy) is 1. The fraction of sp³-hybridized carbons (Fsp3) is 0.263. The molecule has 3 rings (SSSR count). The average molecular weight is 377 g/mol. The normalized spacial score (nSPS) is 10.2. The minimum absolute atomic E-state index is 0.0387. The highest BCUT2D eigenvalue weighted by Crippen LogP contribution is 2.24. The van der Waals surface area contributed by atoms with Crippen LogP contribution in [0.1, 0.15) is 12.5 Å². The number of hydrogen-bond donors (Lipinski definition) is 2. The third kappa shape index (κ3) is 3.52. The number of rotatable bonds is 6. The Bertz CT molecular complexity index is 1180. The van der Waals surface area contributed by atoms with E-state index < -0.39 is 0 Å². The minimum atomic E-state index is -0.333. The molecule has 0 aliphatic carbocycles. The van der Waals surface area contributed by atoms with Gasteiger partial charge in [-0.25, -0.2) is 0 Å². The van der Waals surface area contributed by atoms with Gasteiger partial charge in [0, 0.05) is 20.1 Å². The van der Waals surface area contributed by atoms with Gasteiger partial charge in [0.15, 0.2) is 11.2 Å². The highest BCUT2D eigenvalue weighted by atomic mass is 16.5. The van der Waals surface area contributed by atoms with Gasteiger partial charge in [-0.2, -0.15) is 15.2 Å². The van der Waals surface area contributed by atoms with Gasteiger partial charge in [0.2, 0.25) is 5.95 Å². The van der Waals surface area contributed by atoms with Gasteiger partial charge >= 0.3 is 6.01 Å². The molecular weight excluding hydrogens is 358 g/mol. The summed E-state index contributed by atoms with van der Waals surface area (Å²) in [5.74, 6) is 6.51. The molecule has 2 heterocycles. The highest BCUT2D eigenvalue weighted by Gasteiger charge is 2.19. The molecule has 0 saturated heterocycles. The van der Waals surface area contributed by atoms with Gasteiger partial charge < -0.3 is 15.8 Å². The van der Waals surface area contributed by atoms with E-state index in [1.165, 1.54) is 4.57 Å². The number of hydrogen-bond acceptors (Lipinski definition) is 7. The molecular formula is C19H19N7O2. The number of fused-ring (bicyclic) bond motifs is 1. The van der Waals surface area contributed by atoms with Gasteiger partial charge in [-0.15, -0.1) is 5.92 Å². The maximum atomic E-state index is 13.0. The zero-order valence-electron chi connectivity index (χ0n) is 15.6. The van der Waals surface area contributed by atoms with Gasteiger partial charge in [0.05, 0.1) is 12.1 Å². The lowest BCUT2D eigenvalue weighted by atomic mass is 10.2. The van der Waals surface area contributed by atoms with E-state index in [-0.39, 0.29) is 23.8 Å². The van der Waals surface area contributed by atoms with Gasteiger partial charge in [-0.3, -0.25) is 13.9 Å². The number of para-hydroxylation sites is 1. The first-order valence-corrected chi connectivity index (χ1v) is 8.58. The van der Waals surface area contributed by atoms with Crippen LogP contribution in [0.5, 0.6) is 11.8 Å². The van der Waals surface area contributed by atoms with Crippen LogP contribution in [-0.2, 0) is 13.6 Å². The van der Waals surface area contributed by atoms with Gasteiger partial charge in [0.25, 0.3) is 5.56 Å². The van der Waals surface area contributed by atoms with E-state index in [9.17, 15) is 10.1 Å². The maximum Gasteiger partial charge on any atom is 0.306 e. The molecule has 0 aliphatic rings. The molecule has 0 unspecified atom stereocenters. The van der Waals surface area contributed by atoms with Gasteiger partial charge in [-0.05, 0) is 19.1 Å². The summed E-state index contributed by atoms with van der Waals surface area (Å²) in [7, 11) is 1.55. The van der Waals surface area contributed by atoms with E-state index in [1.807, 2.05) is 6.07 Å². The zero-order valence-corrected chi connectivity index (χ0v) is 15.6. The second-order valence-electron chi connectivity index (χ2n) is 5.80. The summed E-state index contributed by atoms with van der Waals surface area (Å²) in [5, 5.41) is 12.3. The van der Waals surface area contributed by atoms with E-state index in [2.05, 4.69) is 27.1 Å². The van der Waals surface area contributed by atoms with Crippen molar-refractivity contribution in [3.8, 4) is 29.7 Å². The molecule has 0 atom stereocenters. The molecule has 142 valence electrons. The number of imidazole rings is 1. The molecule has 0 amide bonds. The van der Waals surface area contributed by atoms with Crippen LogP contribution >= 0.6 is 0 Å². The van der Waals surface area contributed by atoms with Crippen LogP contribution in [0.25, 0.3) is 11.2 Å². The number of nitrogens with zero attached hydrogens (tertiary/aromatic N) is 5. The molecule has 9 nitrogen and oxygen atoms in total. The number of nitriles is 1. The molecule has 0 saturated carbocycles. The molecule has 2 aromatic heterocycles. The lowest BCUT2D eigenvalue weighted by Gasteiger charge is -2.10. The number of benzene rings is 1. The summed E-state index contributed by atoms with van der Waals surface area (Å²) in [4.78, 5) is 21.8. The first kappa shape index (κ1) is 19.0. The van der Waals surface area contributed by atoms with E-state index in [0.29, 0.717) is 35.9 Å². The van der Waals surface area contributed by atoms with Crippen molar-refractivity contribution in [1.82, 2.24) is 19.1 Å². The molecule has 0 spiro atoms. The SMILES string of the molecule is CC#CCn1c(NCCN)nc2nc(Oc3ccccc3C#N)n(C)c(=O)c21. The van der Waals surface area contributed by atoms with E-state index in [4.69, 9.17) is 10.5 Å². The van der Waals surface area contributed by atoms with Crippen molar-refractivity contribution in [3.05, 3.63) is 40.2 Å². The zero-order chi connectivity index (χ0) is 20.1. The van der Waals surface area contributed by atoms with Gasteiger partial charge in [-0.1, -0.05) is 18.1 Å². The summed E-state index contributed by atoms with van der Waals surface area (Å²) in [5.41, 5.74) is 6.10. The van der Waals surface area contributed by atoms with Crippen LogP contribution in [0.2, 0.25) is 0 Å². The van der Waals surface area contributed by atoms with Crippen molar-refractivity contribution in [3.63, 3.8) is 0 Å². The highest BCUT2D eigenvalue weighted by molar-refractivity contribution is 5.74. The Morgan fingerprint density at radius 3 is 2.82 bits per heavy atom. The number of aromatic nitrogens is 4. The van der Waals surface area contributed by atoms with Crippen LogP contribution < -0.4 is 21.3 Å². The fourth-order valence-electron chi connectivity index (χ4n) is 2.61. The Balaban J connectivity index is 2.14. The molecule has 9 heteroatoms. The van der Waals surface area contributed by atoms with Crippen LogP contribution in [0.15, 0.2) is 29.1 Å². The van der Waals surface area contributed by atoms with Crippen LogP contribution in [0, 0.1) is 23.2 Å². The second-order valence-corrected chi connectivity index (χ2v) is 5.80. The van der Waals surface area contributed by atoms with Crippen LogP contribution in [0.3, 0.4) is 0 Å². The van der Waals surface area contributed by atoms with Crippen molar-refractivity contribution in [1.29, 1.82) is 5.26 Å². The smallest absolute Gasteiger partial charge is 0.306 e.